The van der Waals surface area contributed by atoms with Gasteiger partial charge in [0, 0.05) is 44.3 Å². The zero-order chi connectivity index (χ0) is 58.9. The van der Waals surface area contributed by atoms with Crippen molar-refractivity contribution in [3.63, 3.8) is 0 Å². The van der Waals surface area contributed by atoms with Gasteiger partial charge in [0.15, 0.2) is 0 Å². The van der Waals surface area contributed by atoms with E-state index in [9.17, 15) is 2.74 Å². The molecule has 0 aliphatic rings. The smallest absolute Gasteiger partial charge is 0.268 e. The molecule has 0 N–H and O–H groups in total. The van der Waals surface area contributed by atoms with Crippen molar-refractivity contribution in [2.45, 2.75) is 52.4 Å². The Morgan fingerprint density at radius 2 is 1.25 bits per heavy atom. The Morgan fingerprint density at radius 3 is 1.96 bits per heavy atom. The summed E-state index contributed by atoms with van der Waals surface area (Å²) < 4.78 is 144. The minimum atomic E-state index is -0.905. The van der Waals surface area contributed by atoms with Gasteiger partial charge in [-0.25, -0.2) is 4.98 Å². The van der Waals surface area contributed by atoms with Gasteiger partial charge in [-0.05, 0) is 96.7 Å². The number of ether oxygens (including phenoxy) is 1. The van der Waals surface area contributed by atoms with Crippen LogP contribution in [0.2, 0.25) is 0 Å². The predicted octanol–water partition coefficient (Wildman–Crippen LogP) is 15.2. The number of hydrogen-bond donors (Lipinski definition) is 0. The molecule has 3 aromatic heterocycles. The molecule has 0 atom stereocenters. The Labute approximate surface area is 434 Å². The second kappa shape index (κ2) is 17.7. The molecule has 11 aromatic rings. The first kappa shape index (κ1) is 30.1. The molecular formula is C62H50N4OPt-2. The van der Waals surface area contributed by atoms with Gasteiger partial charge in [0.05, 0.1) is 37.3 Å². The number of benzene rings is 8. The van der Waals surface area contributed by atoms with Crippen molar-refractivity contribution in [1.29, 1.82) is 0 Å². The summed E-state index contributed by atoms with van der Waals surface area (Å²) in [6.07, 6.45) is 5.26. The largest absolute Gasteiger partial charge is 0.510 e. The average Bonchev–Trinajstić information content (AvgIpc) is 3.95. The molecule has 0 amide bonds. The summed E-state index contributed by atoms with van der Waals surface area (Å²) >= 11 is 0. The predicted molar refractivity (Wildman–Crippen MR) is 274 cm³/mol. The second-order valence-electron chi connectivity index (χ2n) is 18.2. The number of hydrogen-bond acceptors (Lipinski definition) is 2. The van der Waals surface area contributed by atoms with Crippen LogP contribution >= 0.6 is 0 Å². The van der Waals surface area contributed by atoms with E-state index in [1.54, 1.807) is 57.8 Å². The summed E-state index contributed by atoms with van der Waals surface area (Å²) in [5, 5.41) is 1.92. The number of imidazole rings is 1. The fraction of sp³-hybridized carbons (Fsp3) is 0.129. The van der Waals surface area contributed by atoms with Crippen LogP contribution in [-0.4, -0.2) is 14.1 Å². The summed E-state index contributed by atoms with van der Waals surface area (Å²) in [7, 11) is 0. The average molecular weight is 1080 g/mol. The Hall–Kier alpha value is -7.33. The fourth-order valence-electron chi connectivity index (χ4n) is 8.49. The van der Waals surface area contributed by atoms with E-state index in [1.165, 1.54) is 6.07 Å². The monoisotopic (exact) mass is 1080 g/mol. The Morgan fingerprint density at radius 1 is 0.574 bits per heavy atom. The third kappa shape index (κ3) is 8.26. The standard InChI is InChI=1S/C62H50N4O.Pt/c1-61(2,3)47-33-34-63-59(38-47)66-55-28-17-16-27-51(55)52-31-30-50(40-57(52)66)67-49-26-18-25-48(39-49)64-41-65(56-32-29-45(37-58(56)64)42-19-10-7-11-20-42)60-53(44-23-14-9-15-24-44)35-46(36-54(60)62(4,5)6)43-21-12-8-13-22-43;/h7-38H,1-6H3;/q-2;/i7D,8D,9D,10D,11D,12D,13D,14D,15D,19D,20D,21D,22D,23D,24D;. The number of fused-ring (bicyclic) bond motifs is 4. The second-order valence-corrected chi connectivity index (χ2v) is 18.2. The fourth-order valence-corrected chi connectivity index (χ4v) is 8.49. The summed E-state index contributed by atoms with van der Waals surface area (Å²) in [6, 6.07) is 27.7. The van der Waals surface area contributed by atoms with E-state index in [2.05, 4.69) is 49.9 Å². The van der Waals surface area contributed by atoms with Gasteiger partial charge in [-0.15, -0.1) is 29.7 Å². The molecule has 0 aliphatic heterocycles. The van der Waals surface area contributed by atoms with Crippen molar-refractivity contribution in [1.82, 2.24) is 14.1 Å². The van der Waals surface area contributed by atoms with E-state index in [0.29, 0.717) is 33.9 Å². The minimum Gasteiger partial charge on any atom is -0.510 e. The van der Waals surface area contributed by atoms with Gasteiger partial charge in [-0.1, -0.05) is 174 Å². The van der Waals surface area contributed by atoms with Crippen LogP contribution in [0.5, 0.6) is 11.5 Å². The Kier molecular flexibility index (Phi) is 7.85. The zero-order valence-electron chi connectivity index (χ0n) is 52.8. The van der Waals surface area contributed by atoms with Crippen molar-refractivity contribution in [3.05, 3.63) is 223 Å². The molecule has 0 radical (unpaired) electrons. The molecule has 0 saturated heterocycles. The van der Waals surface area contributed by atoms with Crippen molar-refractivity contribution >= 4 is 32.8 Å². The van der Waals surface area contributed by atoms with Crippen molar-refractivity contribution in [3.8, 4) is 62.1 Å². The summed E-state index contributed by atoms with van der Waals surface area (Å²) in [4.78, 5) is 4.81. The van der Waals surface area contributed by atoms with Crippen LogP contribution in [0.1, 0.15) is 73.2 Å². The molecule has 6 heteroatoms. The van der Waals surface area contributed by atoms with E-state index in [-0.39, 0.29) is 71.3 Å². The van der Waals surface area contributed by atoms with Crippen molar-refractivity contribution in [2.24, 2.45) is 0 Å². The van der Waals surface area contributed by atoms with E-state index in [4.69, 9.17) is 27.5 Å². The van der Waals surface area contributed by atoms with Gasteiger partial charge in [0.25, 0.3) is 6.33 Å². The normalized spacial score (nSPS) is 14.9. The minimum absolute atomic E-state index is 0. The van der Waals surface area contributed by atoms with Crippen LogP contribution in [0.4, 0.5) is 0 Å². The maximum absolute atomic E-state index is 9.34. The first-order valence-electron chi connectivity index (χ1n) is 29.2. The first-order valence-corrected chi connectivity index (χ1v) is 21.7. The maximum Gasteiger partial charge on any atom is 0.268 e. The van der Waals surface area contributed by atoms with Gasteiger partial charge < -0.3 is 13.9 Å². The third-order valence-corrected chi connectivity index (χ3v) is 11.8. The molecule has 11 rings (SSSR count). The maximum atomic E-state index is 9.34. The molecule has 68 heavy (non-hydrogen) atoms. The zero-order valence-corrected chi connectivity index (χ0v) is 40.1. The summed E-state index contributed by atoms with van der Waals surface area (Å²) in [6.45, 7) is 12.1. The topological polar surface area (TPSA) is 35.9 Å². The van der Waals surface area contributed by atoms with Crippen molar-refractivity contribution < 1.29 is 50.9 Å². The Balaban J connectivity index is 0.00000769. The van der Waals surface area contributed by atoms with Gasteiger partial charge in [-0.2, -0.15) is 18.2 Å². The Bertz CT molecular complexity index is 4450. The molecule has 0 spiro atoms. The number of rotatable bonds is 8. The molecular weight excluding hydrogens is 1010 g/mol. The van der Waals surface area contributed by atoms with Crippen LogP contribution in [-0.2, 0) is 31.9 Å². The summed E-state index contributed by atoms with van der Waals surface area (Å²) in [5.74, 6) is 1.32. The number of aromatic nitrogens is 4. The van der Waals surface area contributed by atoms with Crippen LogP contribution in [0.15, 0.2) is 194 Å². The van der Waals surface area contributed by atoms with Crippen LogP contribution in [0.3, 0.4) is 0 Å². The number of nitrogens with zero attached hydrogens (tertiary/aromatic N) is 4. The van der Waals surface area contributed by atoms with Crippen LogP contribution in [0, 0.1) is 18.5 Å². The van der Waals surface area contributed by atoms with Crippen LogP contribution < -0.4 is 9.30 Å². The van der Waals surface area contributed by atoms with E-state index < -0.39 is 96.1 Å². The third-order valence-electron chi connectivity index (χ3n) is 11.8. The quantitative estimate of drug-likeness (QED) is 0.112. The summed E-state index contributed by atoms with van der Waals surface area (Å²) in [5.41, 5.74) is 3.35. The molecule has 336 valence electrons. The molecule has 0 aliphatic carbocycles. The van der Waals surface area contributed by atoms with Crippen molar-refractivity contribution in [2.75, 3.05) is 0 Å². The molecule has 0 bridgehead atoms. The molecule has 0 unspecified atom stereocenters. The first-order chi connectivity index (χ1) is 38.7. The van der Waals surface area contributed by atoms with E-state index >= 15 is 0 Å². The van der Waals surface area contributed by atoms with E-state index in [0.717, 1.165) is 27.4 Å². The number of pyridine rings is 1. The van der Waals surface area contributed by atoms with Gasteiger partial charge in [0.1, 0.15) is 5.82 Å². The van der Waals surface area contributed by atoms with E-state index in [1.807, 2.05) is 63.2 Å². The SMILES string of the molecule is [2H]c1c([2H])c([2H])c(-c2cc(-c3c([2H])c([2H])c([2H])c([2H])c3[2H])c(-[n+]3[c-]n(-c4[c-]c(Oc5[c-]c6c(cc5)c5ccccc5n6-c5cc(C(C)(C)C)ccn5)ccc4)c4cc(-c5c([2H])c([2H])c([2H])c([2H])c5[2H])ccc43)c(C(C)(C)C)c2)c([2H])c1[2H].[Pt]. The van der Waals surface area contributed by atoms with Crippen LogP contribution in [0.25, 0.3) is 83.4 Å². The van der Waals surface area contributed by atoms with Gasteiger partial charge >= 0.3 is 0 Å². The molecule has 0 fully saturated rings. The molecule has 8 aromatic carbocycles. The molecule has 3 heterocycles. The van der Waals surface area contributed by atoms with Gasteiger partial charge in [0.2, 0.25) is 0 Å². The molecule has 5 nitrogen and oxygen atoms in total. The van der Waals surface area contributed by atoms with Gasteiger partial charge in [-0.3, -0.25) is 4.57 Å². The molecule has 0 saturated carbocycles. The number of para-hydroxylation sites is 1.